The van der Waals surface area contributed by atoms with Gasteiger partial charge in [-0.2, -0.15) is 18.3 Å². The van der Waals surface area contributed by atoms with Crippen molar-refractivity contribution in [3.8, 4) is 16.8 Å². The molecule has 8 nitrogen and oxygen atoms in total. The van der Waals surface area contributed by atoms with Gasteiger partial charge in [0.2, 0.25) is 5.91 Å². The van der Waals surface area contributed by atoms with Gasteiger partial charge in [0.25, 0.3) is 5.56 Å². The topological polar surface area (TPSA) is 87.1 Å². The quantitative estimate of drug-likeness (QED) is 0.231. The van der Waals surface area contributed by atoms with Crippen LogP contribution in [0.4, 0.5) is 18.9 Å². The number of pyridine rings is 2. The van der Waals surface area contributed by atoms with E-state index in [1.165, 1.54) is 16.7 Å². The Kier molecular flexibility index (Phi) is 6.83. The van der Waals surface area contributed by atoms with Gasteiger partial charge in [-0.25, -0.2) is 0 Å². The Hall–Kier alpha value is -5.19. The van der Waals surface area contributed by atoms with Crippen molar-refractivity contribution < 1.29 is 18.0 Å². The molecule has 0 atom stereocenters. The van der Waals surface area contributed by atoms with Gasteiger partial charge in [0.1, 0.15) is 0 Å². The second kappa shape index (κ2) is 10.8. The summed E-state index contributed by atoms with van der Waals surface area (Å²) in [4.78, 5) is 33.5. The van der Waals surface area contributed by atoms with E-state index < -0.39 is 17.3 Å². The number of nitrogens with one attached hydrogen (secondary N) is 1. The maximum atomic E-state index is 14.6. The average Bonchev–Trinajstić information content (AvgIpc) is 3.43. The summed E-state index contributed by atoms with van der Waals surface area (Å²) in [6, 6.07) is 18.7. The van der Waals surface area contributed by atoms with Crippen molar-refractivity contribution in [1.82, 2.24) is 24.6 Å². The van der Waals surface area contributed by atoms with Crippen LogP contribution in [-0.4, -0.2) is 56.7 Å². The molecule has 0 radical (unpaired) electrons. The number of anilines is 1. The molecule has 0 aliphatic carbocycles. The molecule has 0 saturated carbocycles. The number of fused-ring (bicyclic) bond motifs is 4. The highest BCUT2D eigenvalue weighted by atomic mass is 19.4. The summed E-state index contributed by atoms with van der Waals surface area (Å²) in [6.07, 6.45) is -2.69. The van der Waals surface area contributed by atoms with E-state index in [0.29, 0.717) is 41.3 Å². The lowest BCUT2D eigenvalue weighted by atomic mass is 10.00. The third-order valence-electron chi connectivity index (χ3n) is 8.61. The molecule has 45 heavy (non-hydrogen) atoms. The fraction of sp³-hybridized carbons (Fsp3) is 0.235. The van der Waals surface area contributed by atoms with Crippen LogP contribution in [0.3, 0.4) is 0 Å². The van der Waals surface area contributed by atoms with Crippen molar-refractivity contribution in [2.75, 3.05) is 31.1 Å². The zero-order chi connectivity index (χ0) is 31.5. The van der Waals surface area contributed by atoms with Crippen molar-refractivity contribution in [2.24, 2.45) is 0 Å². The van der Waals surface area contributed by atoms with Crippen molar-refractivity contribution in [1.29, 1.82) is 0 Å². The van der Waals surface area contributed by atoms with Crippen LogP contribution in [0, 0.1) is 6.92 Å². The number of hydrogen-bond acceptors (Lipinski definition) is 5. The summed E-state index contributed by atoms with van der Waals surface area (Å²) in [5.74, 6) is -0.0154. The minimum Gasteiger partial charge on any atom is -0.367 e. The molecular formula is C34H29F3N6O2. The zero-order valence-corrected chi connectivity index (χ0v) is 24.7. The van der Waals surface area contributed by atoms with Crippen LogP contribution in [0.15, 0.2) is 77.7 Å². The zero-order valence-electron chi connectivity index (χ0n) is 24.7. The second-order valence-corrected chi connectivity index (χ2v) is 11.3. The van der Waals surface area contributed by atoms with E-state index >= 15 is 0 Å². The van der Waals surface area contributed by atoms with E-state index in [2.05, 4.69) is 15.2 Å². The van der Waals surface area contributed by atoms with Crippen LogP contribution in [0.2, 0.25) is 0 Å². The maximum Gasteiger partial charge on any atom is 0.418 e. The average molecular weight is 611 g/mol. The lowest BCUT2D eigenvalue weighted by Crippen LogP contribution is -2.49. The number of benzene rings is 3. The first-order valence-corrected chi connectivity index (χ1v) is 14.8. The Bertz CT molecular complexity index is 2180. The van der Waals surface area contributed by atoms with Crippen LogP contribution >= 0.6 is 0 Å². The highest BCUT2D eigenvalue weighted by Gasteiger charge is 2.36. The second-order valence-electron chi connectivity index (χ2n) is 11.3. The summed E-state index contributed by atoms with van der Waals surface area (Å²) in [7, 11) is 0. The van der Waals surface area contributed by atoms with Crippen LogP contribution in [0.5, 0.6) is 0 Å². The highest BCUT2D eigenvalue weighted by Crippen LogP contribution is 2.39. The number of aromatic amines is 1. The lowest BCUT2D eigenvalue weighted by molar-refractivity contribution is -0.137. The first-order valence-electron chi connectivity index (χ1n) is 14.8. The van der Waals surface area contributed by atoms with Crippen LogP contribution in [-0.2, 0) is 11.0 Å². The standard InChI is InChI=1S/C34H29F3N6O2/c1-3-31(44)42-14-12-41(13-15-42)30-10-7-24(18-27(30)34(35,36)37)43-32(45)11-6-23-19-38-28-8-4-22(17-26(28)33(23)43)21-5-9-29-25(16-21)20(2)39-40-29/h4-11,16-19H,3,12-15H2,1-2H3,(H,39,40). The fourth-order valence-corrected chi connectivity index (χ4v) is 6.25. The van der Waals surface area contributed by atoms with E-state index in [1.54, 1.807) is 35.1 Å². The number of rotatable bonds is 4. The molecule has 3 aromatic carbocycles. The summed E-state index contributed by atoms with van der Waals surface area (Å²) in [5, 5.41) is 9.54. The van der Waals surface area contributed by atoms with Crippen LogP contribution in [0.1, 0.15) is 24.6 Å². The lowest BCUT2D eigenvalue weighted by Gasteiger charge is -2.37. The molecule has 4 heterocycles. The Morgan fingerprint density at radius 1 is 0.889 bits per heavy atom. The van der Waals surface area contributed by atoms with Gasteiger partial charge < -0.3 is 9.80 Å². The third kappa shape index (κ3) is 4.98. The first-order chi connectivity index (χ1) is 21.6. The minimum atomic E-state index is -4.67. The predicted molar refractivity (Wildman–Crippen MR) is 169 cm³/mol. The SMILES string of the molecule is CCC(=O)N1CCN(c2ccc(-n3c(=O)ccc4cnc5ccc(-c6ccc7n[nH]c(C)c7c6)cc5c43)cc2C(F)(F)F)CC1. The molecule has 0 spiro atoms. The molecular weight excluding hydrogens is 581 g/mol. The smallest absolute Gasteiger partial charge is 0.367 e. The number of aryl methyl sites for hydroxylation is 1. The molecule has 0 bridgehead atoms. The number of nitrogens with zero attached hydrogens (tertiary/aromatic N) is 5. The molecule has 228 valence electrons. The predicted octanol–water partition coefficient (Wildman–Crippen LogP) is 6.47. The Morgan fingerprint density at radius 3 is 2.31 bits per heavy atom. The van der Waals surface area contributed by atoms with Crippen molar-refractivity contribution in [3.63, 3.8) is 0 Å². The molecule has 1 saturated heterocycles. The van der Waals surface area contributed by atoms with Crippen LogP contribution in [0.25, 0.3) is 49.5 Å². The van der Waals surface area contributed by atoms with Gasteiger partial charge in [-0.15, -0.1) is 0 Å². The molecule has 1 amide bonds. The van der Waals surface area contributed by atoms with Crippen molar-refractivity contribution >= 4 is 44.3 Å². The van der Waals surface area contributed by atoms with E-state index in [1.807, 2.05) is 43.3 Å². The van der Waals surface area contributed by atoms with E-state index in [4.69, 9.17) is 0 Å². The van der Waals surface area contributed by atoms with Gasteiger partial charge in [0, 0.05) is 72.4 Å². The first kappa shape index (κ1) is 28.6. The molecule has 1 fully saturated rings. The Labute approximate surface area is 255 Å². The largest absolute Gasteiger partial charge is 0.418 e. The Balaban J connectivity index is 1.38. The van der Waals surface area contributed by atoms with Gasteiger partial charge >= 0.3 is 6.18 Å². The third-order valence-corrected chi connectivity index (χ3v) is 8.61. The maximum absolute atomic E-state index is 14.6. The molecule has 11 heteroatoms. The molecule has 6 aromatic rings. The molecule has 3 aromatic heterocycles. The van der Waals surface area contributed by atoms with E-state index in [9.17, 15) is 22.8 Å². The number of H-pyrrole nitrogens is 1. The number of carbonyl (C=O) groups is 1. The summed E-state index contributed by atoms with van der Waals surface area (Å²) >= 11 is 0. The van der Waals surface area contributed by atoms with E-state index in [-0.39, 0.29) is 30.4 Å². The summed E-state index contributed by atoms with van der Waals surface area (Å²) in [5.41, 5.74) is 3.52. The van der Waals surface area contributed by atoms with Gasteiger partial charge in [-0.1, -0.05) is 19.1 Å². The van der Waals surface area contributed by atoms with Gasteiger partial charge in [-0.3, -0.25) is 24.2 Å². The van der Waals surface area contributed by atoms with Gasteiger partial charge in [0.05, 0.1) is 27.8 Å². The van der Waals surface area contributed by atoms with Gasteiger partial charge in [0.15, 0.2) is 0 Å². The number of alkyl halides is 3. The van der Waals surface area contributed by atoms with E-state index in [0.717, 1.165) is 33.8 Å². The van der Waals surface area contributed by atoms with Crippen molar-refractivity contribution in [2.45, 2.75) is 26.4 Å². The molecule has 1 aliphatic rings. The van der Waals surface area contributed by atoms with Crippen molar-refractivity contribution in [3.05, 3.63) is 94.5 Å². The Morgan fingerprint density at radius 2 is 1.60 bits per heavy atom. The molecule has 1 aliphatic heterocycles. The number of carbonyl (C=O) groups excluding carboxylic acids is 1. The normalized spacial score (nSPS) is 14.2. The van der Waals surface area contributed by atoms with Crippen LogP contribution < -0.4 is 10.5 Å². The fourth-order valence-electron chi connectivity index (χ4n) is 6.25. The number of aromatic nitrogens is 4. The monoisotopic (exact) mass is 610 g/mol. The highest BCUT2D eigenvalue weighted by molar-refractivity contribution is 6.05. The number of amides is 1. The summed E-state index contributed by atoms with van der Waals surface area (Å²) in [6.45, 7) is 4.98. The number of hydrogen-bond donors (Lipinski definition) is 1. The summed E-state index contributed by atoms with van der Waals surface area (Å²) < 4.78 is 45.1. The molecule has 0 unspecified atom stereocenters. The minimum absolute atomic E-state index is 0.0154. The molecule has 7 rings (SSSR count). The number of piperazine rings is 1. The number of halogens is 3. The molecule has 1 N–H and O–H groups in total. The van der Waals surface area contributed by atoms with Gasteiger partial charge in [-0.05, 0) is 66.6 Å².